The van der Waals surface area contributed by atoms with Crippen LogP contribution in [-0.2, 0) is 0 Å². The minimum atomic E-state index is -0.183. The maximum absolute atomic E-state index is 11.6. The van der Waals surface area contributed by atoms with Crippen molar-refractivity contribution in [3.63, 3.8) is 0 Å². The van der Waals surface area contributed by atoms with Gasteiger partial charge in [0.2, 0.25) is 0 Å². The second kappa shape index (κ2) is 4.23. The molecule has 0 saturated carbocycles. The topological polar surface area (TPSA) is 59.3 Å². The lowest BCUT2D eigenvalue weighted by atomic mass is 10.0. The van der Waals surface area contributed by atoms with Gasteiger partial charge in [-0.3, -0.25) is 4.79 Å². The van der Waals surface area contributed by atoms with Crippen LogP contribution in [0.15, 0.2) is 12.1 Å². The second-order valence-electron chi connectivity index (χ2n) is 3.57. The van der Waals surface area contributed by atoms with Crippen LogP contribution in [0.5, 0.6) is 11.5 Å². The monoisotopic (exact) mass is 217 g/mol. The third kappa shape index (κ3) is 1.84. The summed E-state index contributed by atoms with van der Waals surface area (Å²) in [6.45, 7) is 2.84. The molecule has 4 nitrogen and oxygen atoms in total. The summed E-state index contributed by atoms with van der Waals surface area (Å²) >= 11 is 0. The Morgan fingerprint density at radius 3 is 2.62 bits per heavy atom. The summed E-state index contributed by atoms with van der Waals surface area (Å²) in [6, 6.07) is 5.28. The maximum Gasteiger partial charge on any atom is 0.177 e. The number of benzene rings is 1. The molecule has 1 aromatic rings. The predicted molar refractivity (Wildman–Crippen MR) is 56.7 cm³/mol. The van der Waals surface area contributed by atoms with Crippen LogP contribution in [0.1, 0.15) is 22.3 Å². The smallest absolute Gasteiger partial charge is 0.177 e. The molecule has 0 spiro atoms. The van der Waals surface area contributed by atoms with Crippen LogP contribution in [0, 0.1) is 18.3 Å². The Balaban J connectivity index is 2.40. The Kier molecular flexibility index (Phi) is 2.78. The molecule has 0 aliphatic carbocycles. The van der Waals surface area contributed by atoms with Gasteiger partial charge in [-0.05, 0) is 24.6 Å². The Hall–Kier alpha value is -2.02. The zero-order valence-corrected chi connectivity index (χ0v) is 8.95. The van der Waals surface area contributed by atoms with Crippen LogP contribution >= 0.6 is 0 Å². The molecule has 0 unspecified atom stereocenters. The van der Waals surface area contributed by atoms with Crippen LogP contribution in [0.4, 0.5) is 0 Å². The SMILES string of the molecule is Cc1cc2c(cc1C(=O)CC#N)OCCO2. The summed E-state index contributed by atoms with van der Waals surface area (Å²) in [4.78, 5) is 11.6. The molecule has 1 heterocycles. The van der Waals surface area contributed by atoms with Crippen LogP contribution in [0.2, 0.25) is 0 Å². The lowest BCUT2D eigenvalue weighted by molar-refractivity contribution is 0.0996. The molecule has 0 amide bonds. The first kappa shape index (κ1) is 10.5. The average molecular weight is 217 g/mol. The van der Waals surface area contributed by atoms with Crippen LogP contribution in [0.25, 0.3) is 0 Å². The molecule has 0 N–H and O–H groups in total. The third-order valence-electron chi connectivity index (χ3n) is 2.43. The Bertz CT molecular complexity index is 474. The van der Waals surface area contributed by atoms with Crippen LogP contribution < -0.4 is 9.47 Å². The molecular formula is C12H11NO3. The van der Waals surface area contributed by atoms with Crippen LogP contribution in [-0.4, -0.2) is 19.0 Å². The molecule has 4 heteroatoms. The Morgan fingerprint density at radius 1 is 1.38 bits per heavy atom. The number of Topliss-reactive ketones (excluding diaryl/α,β-unsaturated/α-hetero) is 1. The number of nitrogens with zero attached hydrogens (tertiary/aromatic N) is 1. The third-order valence-corrected chi connectivity index (χ3v) is 2.43. The number of ether oxygens (including phenoxy) is 2. The zero-order chi connectivity index (χ0) is 11.5. The van der Waals surface area contributed by atoms with E-state index in [1.165, 1.54) is 0 Å². The van der Waals surface area contributed by atoms with Gasteiger partial charge < -0.3 is 9.47 Å². The normalized spacial score (nSPS) is 13.0. The molecule has 82 valence electrons. The quantitative estimate of drug-likeness (QED) is 0.709. The fraction of sp³-hybridized carbons (Fsp3) is 0.333. The van der Waals surface area contributed by atoms with Crippen molar-refractivity contribution in [1.82, 2.24) is 0 Å². The highest BCUT2D eigenvalue weighted by molar-refractivity contribution is 5.99. The number of fused-ring (bicyclic) bond motifs is 1. The largest absolute Gasteiger partial charge is 0.486 e. The molecule has 0 aromatic heterocycles. The van der Waals surface area contributed by atoms with Crippen molar-refractivity contribution < 1.29 is 14.3 Å². The molecule has 0 saturated heterocycles. The van der Waals surface area contributed by atoms with Gasteiger partial charge in [0, 0.05) is 5.56 Å². The number of rotatable bonds is 2. The van der Waals surface area contributed by atoms with Crippen molar-refractivity contribution in [2.75, 3.05) is 13.2 Å². The van der Waals surface area contributed by atoms with Crippen molar-refractivity contribution in [3.05, 3.63) is 23.3 Å². The summed E-state index contributed by atoms with van der Waals surface area (Å²) in [5.41, 5.74) is 1.34. The fourth-order valence-electron chi connectivity index (χ4n) is 1.66. The van der Waals surface area contributed by atoms with E-state index in [9.17, 15) is 4.79 Å². The molecule has 1 aromatic carbocycles. The van der Waals surface area contributed by atoms with Gasteiger partial charge in [0.15, 0.2) is 17.3 Å². The number of nitriles is 1. The molecule has 1 aliphatic rings. The minimum Gasteiger partial charge on any atom is -0.486 e. The second-order valence-corrected chi connectivity index (χ2v) is 3.57. The van der Waals surface area contributed by atoms with E-state index in [1.54, 1.807) is 12.1 Å². The molecule has 16 heavy (non-hydrogen) atoms. The van der Waals surface area contributed by atoms with Gasteiger partial charge in [-0.2, -0.15) is 5.26 Å². The van der Waals surface area contributed by atoms with Crippen LogP contribution in [0.3, 0.4) is 0 Å². The maximum atomic E-state index is 11.6. The van der Waals surface area contributed by atoms with E-state index >= 15 is 0 Å². The zero-order valence-electron chi connectivity index (χ0n) is 8.95. The molecule has 0 fully saturated rings. The van der Waals surface area contributed by atoms with E-state index in [0.29, 0.717) is 30.3 Å². The predicted octanol–water partition coefficient (Wildman–Crippen LogP) is 1.86. The highest BCUT2D eigenvalue weighted by Crippen LogP contribution is 2.33. The summed E-state index contributed by atoms with van der Waals surface area (Å²) in [7, 11) is 0. The Morgan fingerprint density at radius 2 is 2.00 bits per heavy atom. The molecule has 1 aliphatic heterocycles. The first-order chi connectivity index (χ1) is 7.72. The molecule has 0 radical (unpaired) electrons. The van der Waals surface area contributed by atoms with E-state index in [2.05, 4.69) is 0 Å². The summed E-state index contributed by atoms with van der Waals surface area (Å²) < 4.78 is 10.8. The number of carbonyl (C=O) groups excluding carboxylic acids is 1. The lowest BCUT2D eigenvalue weighted by Crippen LogP contribution is -2.16. The van der Waals surface area contributed by atoms with E-state index in [1.807, 2.05) is 13.0 Å². The lowest BCUT2D eigenvalue weighted by Gasteiger charge is -2.19. The van der Waals surface area contributed by atoms with Crippen molar-refractivity contribution >= 4 is 5.78 Å². The van der Waals surface area contributed by atoms with Crippen molar-refractivity contribution in [1.29, 1.82) is 5.26 Å². The van der Waals surface area contributed by atoms with Crippen molar-refractivity contribution in [2.45, 2.75) is 13.3 Å². The van der Waals surface area contributed by atoms with E-state index in [4.69, 9.17) is 14.7 Å². The number of hydrogen-bond acceptors (Lipinski definition) is 4. The molecule has 0 bridgehead atoms. The average Bonchev–Trinajstić information content (AvgIpc) is 2.28. The highest BCUT2D eigenvalue weighted by Gasteiger charge is 2.17. The van der Waals surface area contributed by atoms with E-state index < -0.39 is 0 Å². The van der Waals surface area contributed by atoms with Gasteiger partial charge >= 0.3 is 0 Å². The van der Waals surface area contributed by atoms with E-state index in [0.717, 1.165) is 5.56 Å². The Labute approximate surface area is 93.4 Å². The van der Waals surface area contributed by atoms with E-state index in [-0.39, 0.29) is 12.2 Å². The van der Waals surface area contributed by atoms with Gasteiger partial charge in [0.05, 0.1) is 12.5 Å². The summed E-state index contributed by atoms with van der Waals surface area (Å²) in [5, 5.41) is 8.50. The number of hydrogen-bond donors (Lipinski definition) is 0. The number of ketones is 1. The van der Waals surface area contributed by atoms with Gasteiger partial charge in [0.1, 0.15) is 13.2 Å². The first-order valence-corrected chi connectivity index (χ1v) is 5.03. The molecular weight excluding hydrogens is 206 g/mol. The summed E-state index contributed by atoms with van der Waals surface area (Å²) in [6.07, 6.45) is -0.111. The van der Waals surface area contributed by atoms with Crippen molar-refractivity contribution in [2.24, 2.45) is 0 Å². The van der Waals surface area contributed by atoms with Gasteiger partial charge in [-0.1, -0.05) is 0 Å². The van der Waals surface area contributed by atoms with Gasteiger partial charge in [-0.15, -0.1) is 0 Å². The number of carbonyl (C=O) groups is 1. The van der Waals surface area contributed by atoms with Crippen molar-refractivity contribution in [3.8, 4) is 17.6 Å². The van der Waals surface area contributed by atoms with Gasteiger partial charge in [-0.25, -0.2) is 0 Å². The summed E-state index contributed by atoms with van der Waals surface area (Å²) in [5.74, 6) is 1.06. The number of aryl methyl sites for hydroxylation is 1. The first-order valence-electron chi connectivity index (χ1n) is 5.03. The molecule has 0 atom stereocenters. The highest BCUT2D eigenvalue weighted by atomic mass is 16.6. The minimum absolute atomic E-state index is 0.111. The fourth-order valence-corrected chi connectivity index (χ4v) is 1.66. The standard InChI is InChI=1S/C12H11NO3/c1-8-6-11-12(16-5-4-15-11)7-9(8)10(14)2-3-13/h6-7H,2,4-5H2,1H3. The molecule has 2 rings (SSSR count). The van der Waals surface area contributed by atoms with Gasteiger partial charge in [0.25, 0.3) is 0 Å².